The Morgan fingerprint density at radius 1 is 1.20 bits per heavy atom. The van der Waals surface area contributed by atoms with Crippen LogP contribution in [0.3, 0.4) is 0 Å². The standard InChI is InChI=1S/C16H22N2O2/c1-12(2)9-13-3-5-14(6-4-13)16(19)11-17-10-15-7-8-20-18-15/h3-8,12,16-17,19H,9-11H2,1-2H3. The lowest BCUT2D eigenvalue weighted by Gasteiger charge is -2.13. The van der Waals surface area contributed by atoms with Gasteiger partial charge in [-0.1, -0.05) is 43.3 Å². The fraction of sp³-hybridized carbons (Fsp3) is 0.438. The summed E-state index contributed by atoms with van der Waals surface area (Å²) in [4.78, 5) is 0. The fourth-order valence-corrected chi connectivity index (χ4v) is 2.13. The van der Waals surface area contributed by atoms with Gasteiger partial charge in [-0.2, -0.15) is 0 Å². The molecule has 2 aromatic rings. The third-order valence-electron chi connectivity index (χ3n) is 3.14. The van der Waals surface area contributed by atoms with E-state index in [2.05, 4.69) is 36.5 Å². The first-order chi connectivity index (χ1) is 9.65. The van der Waals surface area contributed by atoms with Crippen LogP contribution in [-0.2, 0) is 13.0 Å². The molecule has 2 rings (SSSR count). The molecule has 1 heterocycles. The first-order valence-electron chi connectivity index (χ1n) is 7.02. The summed E-state index contributed by atoms with van der Waals surface area (Å²) in [5.41, 5.74) is 3.08. The summed E-state index contributed by atoms with van der Waals surface area (Å²) < 4.78 is 4.75. The van der Waals surface area contributed by atoms with Crippen LogP contribution in [0.4, 0.5) is 0 Å². The van der Waals surface area contributed by atoms with Gasteiger partial charge < -0.3 is 14.9 Å². The molecule has 0 aliphatic rings. The summed E-state index contributed by atoms with van der Waals surface area (Å²) in [5, 5.41) is 17.1. The van der Waals surface area contributed by atoms with Gasteiger partial charge in [0, 0.05) is 19.2 Å². The molecule has 4 heteroatoms. The van der Waals surface area contributed by atoms with Crippen molar-refractivity contribution in [1.29, 1.82) is 0 Å². The van der Waals surface area contributed by atoms with Crippen LogP contribution in [0.25, 0.3) is 0 Å². The second kappa shape index (κ2) is 7.22. The number of aromatic nitrogens is 1. The van der Waals surface area contributed by atoms with E-state index in [0.717, 1.165) is 17.7 Å². The summed E-state index contributed by atoms with van der Waals surface area (Å²) in [7, 11) is 0. The highest BCUT2D eigenvalue weighted by atomic mass is 16.5. The van der Waals surface area contributed by atoms with Crippen LogP contribution >= 0.6 is 0 Å². The summed E-state index contributed by atoms with van der Waals surface area (Å²) >= 11 is 0. The average Bonchev–Trinajstić information content (AvgIpc) is 2.92. The lowest BCUT2D eigenvalue weighted by molar-refractivity contribution is 0.174. The van der Waals surface area contributed by atoms with Crippen molar-refractivity contribution in [3.63, 3.8) is 0 Å². The van der Waals surface area contributed by atoms with Gasteiger partial charge in [-0.15, -0.1) is 0 Å². The number of hydrogen-bond acceptors (Lipinski definition) is 4. The molecule has 0 radical (unpaired) electrons. The molecule has 0 spiro atoms. The van der Waals surface area contributed by atoms with Crippen LogP contribution in [0.1, 0.15) is 36.8 Å². The van der Waals surface area contributed by atoms with Gasteiger partial charge in [-0.25, -0.2) is 0 Å². The highest BCUT2D eigenvalue weighted by molar-refractivity contribution is 5.24. The minimum absolute atomic E-state index is 0.496. The van der Waals surface area contributed by atoms with Gasteiger partial charge >= 0.3 is 0 Å². The second-order valence-electron chi connectivity index (χ2n) is 5.48. The Kier molecular flexibility index (Phi) is 5.32. The highest BCUT2D eigenvalue weighted by Gasteiger charge is 2.08. The van der Waals surface area contributed by atoms with Crippen LogP contribution in [-0.4, -0.2) is 16.8 Å². The van der Waals surface area contributed by atoms with E-state index in [1.165, 1.54) is 5.56 Å². The Morgan fingerprint density at radius 3 is 2.55 bits per heavy atom. The number of aliphatic hydroxyl groups excluding tert-OH is 1. The SMILES string of the molecule is CC(C)Cc1ccc(C(O)CNCc2ccon2)cc1. The number of nitrogens with one attached hydrogen (secondary N) is 1. The van der Waals surface area contributed by atoms with E-state index >= 15 is 0 Å². The zero-order valence-electron chi connectivity index (χ0n) is 12.0. The van der Waals surface area contributed by atoms with Crippen molar-refractivity contribution < 1.29 is 9.63 Å². The van der Waals surface area contributed by atoms with Crippen LogP contribution in [0.5, 0.6) is 0 Å². The Labute approximate surface area is 119 Å². The molecule has 4 nitrogen and oxygen atoms in total. The van der Waals surface area contributed by atoms with Crippen LogP contribution in [0.15, 0.2) is 41.1 Å². The molecule has 2 N–H and O–H groups in total. The van der Waals surface area contributed by atoms with Crippen molar-refractivity contribution in [2.45, 2.75) is 32.9 Å². The van der Waals surface area contributed by atoms with Gasteiger partial charge in [0.1, 0.15) is 6.26 Å². The molecule has 0 saturated carbocycles. The van der Waals surface area contributed by atoms with Crippen molar-refractivity contribution in [2.75, 3.05) is 6.54 Å². The minimum Gasteiger partial charge on any atom is -0.387 e. The third kappa shape index (κ3) is 4.47. The van der Waals surface area contributed by atoms with Gasteiger partial charge in [0.15, 0.2) is 0 Å². The van der Waals surface area contributed by atoms with E-state index in [0.29, 0.717) is 19.0 Å². The van der Waals surface area contributed by atoms with E-state index in [9.17, 15) is 5.11 Å². The van der Waals surface area contributed by atoms with E-state index in [1.54, 1.807) is 12.3 Å². The van der Waals surface area contributed by atoms with Crippen molar-refractivity contribution >= 4 is 0 Å². The summed E-state index contributed by atoms with van der Waals surface area (Å²) in [6.07, 6.45) is 2.11. The van der Waals surface area contributed by atoms with Gasteiger partial charge in [0.2, 0.25) is 0 Å². The average molecular weight is 274 g/mol. The first-order valence-corrected chi connectivity index (χ1v) is 7.02. The molecule has 1 aromatic carbocycles. The Morgan fingerprint density at radius 2 is 1.95 bits per heavy atom. The largest absolute Gasteiger partial charge is 0.387 e. The third-order valence-corrected chi connectivity index (χ3v) is 3.14. The van der Waals surface area contributed by atoms with Crippen LogP contribution in [0.2, 0.25) is 0 Å². The number of benzene rings is 1. The number of nitrogens with zero attached hydrogens (tertiary/aromatic N) is 1. The minimum atomic E-state index is -0.505. The molecule has 1 aromatic heterocycles. The molecule has 0 aliphatic carbocycles. The Hall–Kier alpha value is -1.65. The fourth-order valence-electron chi connectivity index (χ4n) is 2.13. The lowest BCUT2D eigenvalue weighted by atomic mass is 10.0. The van der Waals surface area contributed by atoms with Gasteiger partial charge in [-0.3, -0.25) is 0 Å². The molecule has 0 saturated heterocycles. The zero-order valence-corrected chi connectivity index (χ0v) is 12.0. The number of rotatable bonds is 7. The maximum absolute atomic E-state index is 10.1. The smallest absolute Gasteiger partial charge is 0.124 e. The first kappa shape index (κ1) is 14.8. The van der Waals surface area contributed by atoms with Crippen molar-refractivity contribution in [3.05, 3.63) is 53.4 Å². The summed E-state index contributed by atoms with van der Waals surface area (Å²) in [6, 6.07) is 9.99. The van der Waals surface area contributed by atoms with E-state index in [1.807, 2.05) is 12.1 Å². The topological polar surface area (TPSA) is 58.3 Å². The van der Waals surface area contributed by atoms with Gasteiger partial charge in [-0.05, 0) is 23.5 Å². The molecule has 0 bridgehead atoms. The summed E-state index contributed by atoms with van der Waals surface area (Å²) in [5.74, 6) is 0.648. The molecule has 0 fully saturated rings. The van der Waals surface area contributed by atoms with Gasteiger partial charge in [0.25, 0.3) is 0 Å². The maximum Gasteiger partial charge on any atom is 0.124 e. The molecular formula is C16H22N2O2. The quantitative estimate of drug-likeness (QED) is 0.815. The predicted molar refractivity (Wildman–Crippen MR) is 78.2 cm³/mol. The van der Waals surface area contributed by atoms with Crippen molar-refractivity contribution in [3.8, 4) is 0 Å². The molecule has 0 amide bonds. The highest BCUT2D eigenvalue weighted by Crippen LogP contribution is 2.15. The molecule has 0 aliphatic heterocycles. The lowest BCUT2D eigenvalue weighted by Crippen LogP contribution is -2.21. The summed E-state index contributed by atoms with van der Waals surface area (Å²) in [6.45, 7) is 5.50. The number of hydrogen-bond donors (Lipinski definition) is 2. The van der Waals surface area contributed by atoms with Crippen molar-refractivity contribution in [1.82, 2.24) is 10.5 Å². The number of aliphatic hydroxyl groups is 1. The molecule has 108 valence electrons. The second-order valence-corrected chi connectivity index (χ2v) is 5.48. The maximum atomic E-state index is 10.1. The molecule has 1 atom stereocenters. The zero-order chi connectivity index (χ0) is 14.4. The Balaban J connectivity index is 1.81. The van der Waals surface area contributed by atoms with Crippen LogP contribution in [0, 0.1) is 5.92 Å². The van der Waals surface area contributed by atoms with Crippen molar-refractivity contribution in [2.24, 2.45) is 5.92 Å². The van der Waals surface area contributed by atoms with E-state index in [-0.39, 0.29) is 0 Å². The van der Waals surface area contributed by atoms with Crippen LogP contribution < -0.4 is 5.32 Å². The molecule has 1 unspecified atom stereocenters. The monoisotopic (exact) mass is 274 g/mol. The molecular weight excluding hydrogens is 252 g/mol. The van der Waals surface area contributed by atoms with E-state index < -0.39 is 6.10 Å². The van der Waals surface area contributed by atoms with Gasteiger partial charge in [0.05, 0.1) is 11.8 Å². The Bertz CT molecular complexity index is 492. The molecule has 20 heavy (non-hydrogen) atoms. The predicted octanol–water partition coefficient (Wildman–Crippen LogP) is 2.70. The normalized spacial score (nSPS) is 12.8. The van der Waals surface area contributed by atoms with E-state index in [4.69, 9.17) is 4.52 Å².